The van der Waals surface area contributed by atoms with Gasteiger partial charge in [-0.1, -0.05) is 57.5 Å². The van der Waals surface area contributed by atoms with Crippen LogP contribution >= 0.6 is 0 Å². The van der Waals surface area contributed by atoms with E-state index in [0.29, 0.717) is 19.3 Å². The van der Waals surface area contributed by atoms with E-state index in [1.54, 1.807) is 12.4 Å². The second kappa shape index (κ2) is 13.2. The van der Waals surface area contributed by atoms with E-state index in [9.17, 15) is 14.4 Å². The number of carbonyl (C=O) groups is 3. The minimum absolute atomic E-state index is 0.110. The first kappa shape index (κ1) is 25.8. The predicted octanol–water partition coefficient (Wildman–Crippen LogP) is 3.78. The fourth-order valence-corrected chi connectivity index (χ4v) is 4.45. The van der Waals surface area contributed by atoms with Gasteiger partial charge in [0.15, 0.2) is 0 Å². The lowest BCUT2D eigenvalue weighted by Gasteiger charge is -2.29. The molecule has 7 nitrogen and oxygen atoms in total. The fourth-order valence-electron chi connectivity index (χ4n) is 4.45. The maximum atomic E-state index is 13.3. The number of hydrogen-bond donors (Lipinski definition) is 3. The lowest BCUT2D eigenvalue weighted by Crippen LogP contribution is -2.49. The van der Waals surface area contributed by atoms with Gasteiger partial charge in [-0.3, -0.25) is 14.8 Å². The zero-order valence-electron chi connectivity index (χ0n) is 19.5. The number of hydroxylamine groups is 1. The number of esters is 1. The molecule has 7 heteroatoms. The van der Waals surface area contributed by atoms with Crippen LogP contribution in [0.15, 0.2) is 30.3 Å². The molecule has 0 saturated heterocycles. The standard InChI is InChI=1S/C25H38N2O5/c1-4-20(24(29)27-31)21(15-17(2)3)23(28)26-22(16-18-11-7-5-8-12-18)25(30)32-19-13-9-6-10-14-19/h5,7-8,11-12,17,19-22,31H,4,6,9-10,13-16H2,1-3H3,(H,26,28)(H,27,29)/t20-,21+,22?/m0/s1. The van der Waals surface area contributed by atoms with Crippen molar-refractivity contribution >= 4 is 17.8 Å². The molecule has 1 saturated carbocycles. The Balaban J connectivity index is 2.20. The van der Waals surface area contributed by atoms with E-state index in [-0.39, 0.29) is 17.9 Å². The summed E-state index contributed by atoms with van der Waals surface area (Å²) in [6.07, 6.45) is 6.00. The van der Waals surface area contributed by atoms with Crippen LogP contribution in [0.25, 0.3) is 0 Å². The lowest BCUT2D eigenvalue weighted by molar-refractivity contribution is -0.155. The van der Waals surface area contributed by atoms with Crippen LogP contribution in [-0.4, -0.2) is 35.1 Å². The summed E-state index contributed by atoms with van der Waals surface area (Å²) < 4.78 is 5.77. The van der Waals surface area contributed by atoms with Crippen molar-refractivity contribution < 1.29 is 24.3 Å². The van der Waals surface area contributed by atoms with Gasteiger partial charge in [-0.25, -0.2) is 10.3 Å². The summed E-state index contributed by atoms with van der Waals surface area (Å²) in [5.41, 5.74) is 2.60. The van der Waals surface area contributed by atoms with Crippen LogP contribution in [0, 0.1) is 17.8 Å². The van der Waals surface area contributed by atoms with Gasteiger partial charge in [-0.05, 0) is 50.0 Å². The summed E-state index contributed by atoms with van der Waals surface area (Å²) in [5.74, 6) is -2.57. The molecule has 1 unspecified atom stereocenters. The molecular formula is C25H38N2O5. The molecule has 0 bridgehead atoms. The van der Waals surface area contributed by atoms with Crippen LogP contribution < -0.4 is 10.8 Å². The molecule has 0 aliphatic heterocycles. The average Bonchev–Trinajstić information content (AvgIpc) is 2.79. The molecule has 0 radical (unpaired) electrons. The van der Waals surface area contributed by atoms with E-state index < -0.39 is 29.8 Å². The molecule has 1 aromatic carbocycles. The minimum Gasteiger partial charge on any atom is -0.461 e. The highest BCUT2D eigenvalue weighted by molar-refractivity contribution is 5.90. The molecule has 3 N–H and O–H groups in total. The normalized spacial score (nSPS) is 17.3. The Morgan fingerprint density at radius 1 is 1.03 bits per heavy atom. The van der Waals surface area contributed by atoms with E-state index >= 15 is 0 Å². The van der Waals surface area contributed by atoms with E-state index in [1.807, 2.05) is 44.2 Å². The molecule has 0 spiro atoms. The molecule has 2 rings (SSSR count). The van der Waals surface area contributed by atoms with Crippen LogP contribution in [-0.2, 0) is 25.5 Å². The van der Waals surface area contributed by atoms with Crippen molar-refractivity contribution in [2.24, 2.45) is 17.8 Å². The van der Waals surface area contributed by atoms with Crippen molar-refractivity contribution in [2.75, 3.05) is 0 Å². The maximum Gasteiger partial charge on any atom is 0.329 e. The third-order valence-corrected chi connectivity index (χ3v) is 6.15. The van der Waals surface area contributed by atoms with Gasteiger partial charge < -0.3 is 10.1 Å². The number of rotatable bonds is 11. The monoisotopic (exact) mass is 446 g/mol. The van der Waals surface area contributed by atoms with Gasteiger partial charge in [0, 0.05) is 12.3 Å². The molecule has 32 heavy (non-hydrogen) atoms. The molecule has 2 amide bonds. The highest BCUT2D eigenvalue weighted by atomic mass is 16.5. The Morgan fingerprint density at radius 3 is 2.25 bits per heavy atom. The van der Waals surface area contributed by atoms with Gasteiger partial charge in [-0.2, -0.15) is 0 Å². The molecule has 1 aromatic rings. The van der Waals surface area contributed by atoms with Gasteiger partial charge in [0.05, 0.1) is 5.92 Å². The summed E-state index contributed by atoms with van der Waals surface area (Å²) in [7, 11) is 0. The van der Waals surface area contributed by atoms with Gasteiger partial charge in [0.25, 0.3) is 0 Å². The van der Waals surface area contributed by atoms with E-state index in [1.165, 1.54) is 0 Å². The van der Waals surface area contributed by atoms with E-state index in [4.69, 9.17) is 9.94 Å². The smallest absolute Gasteiger partial charge is 0.329 e. The lowest BCUT2D eigenvalue weighted by atomic mass is 9.82. The summed E-state index contributed by atoms with van der Waals surface area (Å²) in [6, 6.07) is 8.66. The SMILES string of the molecule is CC[C@H](C(=O)NO)[C@@H](CC(C)C)C(=O)NC(Cc1ccccc1)C(=O)OC1CCCCC1. The molecule has 0 aromatic heterocycles. The molecule has 0 heterocycles. The zero-order valence-corrected chi connectivity index (χ0v) is 19.5. The first-order valence-corrected chi connectivity index (χ1v) is 11.8. The van der Waals surface area contributed by atoms with Crippen molar-refractivity contribution in [1.29, 1.82) is 0 Å². The summed E-state index contributed by atoms with van der Waals surface area (Å²) in [4.78, 5) is 38.6. The van der Waals surface area contributed by atoms with Crippen molar-refractivity contribution in [2.45, 2.75) is 84.3 Å². The topological polar surface area (TPSA) is 105 Å². The molecule has 1 fully saturated rings. The van der Waals surface area contributed by atoms with E-state index in [2.05, 4.69) is 5.32 Å². The Kier molecular flexibility index (Phi) is 10.7. The highest BCUT2D eigenvalue weighted by Gasteiger charge is 2.35. The second-order valence-electron chi connectivity index (χ2n) is 9.17. The summed E-state index contributed by atoms with van der Waals surface area (Å²) in [6.45, 7) is 5.75. The number of benzene rings is 1. The number of amides is 2. The Hall–Kier alpha value is -2.41. The minimum atomic E-state index is -0.837. The molecule has 1 aliphatic rings. The highest BCUT2D eigenvalue weighted by Crippen LogP contribution is 2.25. The third kappa shape index (κ3) is 7.93. The average molecular weight is 447 g/mol. The molecule has 1 aliphatic carbocycles. The largest absolute Gasteiger partial charge is 0.461 e. The first-order valence-electron chi connectivity index (χ1n) is 11.8. The summed E-state index contributed by atoms with van der Waals surface area (Å²) in [5, 5.41) is 12.0. The van der Waals surface area contributed by atoms with Crippen LogP contribution in [0.1, 0.15) is 71.3 Å². The molecule has 3 atom stereocenters. The van der Waals surface area contributed by atoms with Crippen LogP contribution in [0.4, 0.5) is 0 Å². The second-order valence-corrected chi connectivity index (χ2v) is 9.17. The Bertz CT molecular complexity index is 731. The molecular weight excluding hydrogens is 408 g/mol. The van der Waals surface area contributed by atoms with Gasteiger partial charge in [-0.15, -0.1) is 0 Å². The maximum absolute atomic E-state index is 13.3. The number of carbonyl (C=O) groups excluding carboxylic acids is 3. The van der Waals surface area contributed by atoms with Crippen LogP contribution in [0.5, 0.6) is 0 Å². The van der Waals surface area contributed by atoms with Crippen molar-refractivity contribution in [3.63, 3.8) is 0 Å². The predicted molar refractivity (Wildman–Crippen MR) is 122 cm³/mol. The van der Waals surface area contributed by atoms with Crippen LogP contribution in [0.2, 0.25) is 0 Å². The Morgan fingerprint density at radius 2 is 1.69 bits per heavy atom. The summed E-state index contributed by atoms with van der Waals surface area (Å²) >= 11 is 0. The van der Waals surface area contributed by atoms with Gasteiger partial charge in [0.2, 0.25) is 11.8 Å². The zero-order chi connectivity index (χ0) is 23.5. The fraction of sp³-hybridized carbons (Fsp3) is 0.640. The van der Waals surface area contributed by atoms with E-state index in [0.717, 1.165) is 37.7 Å². The number of ether oxygens (including phenoxy) is 1. The first-order chi connectivity index (χ1) is 15.3. The van der Waals surface area contributed by atoms with Crippen molar-refractivity contribution in [3.05, 3.63) is 35.9 Å². The van der Waals surface area contributed by atoms with Crippen molar-refractivity contribution in [3.8, 4) is 0 Å². The Labute approximate surface area is 191 Å². The van der Waals surface area contributed by atoms with Crippen LogP contribution in [0.3, 0.4) is 0 Å². The molecule has 178 valence electrons. The van der Waals surface area contributed by atoms with Crippen molar-refractivity contribution in [1.82, 2.24) is 10.8 Å². The third-order valence-electron chi connectivity index (χ3n) is 6.15. The quantitative estimate of drug-likeness (QED) is 0.273. The number of nitrogens with one attached hydrogen (secondary N) is 2. The van der Waals surface area contributed by atoms with Gasteiger partial charge in [0.1, 0.15) is 12.1 Å². The van der Waals surface area contributed by atoms with Gasteiger partial charge >= 0.3 is 5.97 Å². The number of hydrogen-bond acceptors (Lipinski definition) is 5.